The van der Waals surface area contributed by atoms with Crippen LogP contribution in [0.1, 0.15) is 0 Å². The van der Waals surface area contributed by atoms with Crippen LogP contribution in [0, 0.1) is 0 Å². The molecule has 0 aliphatic rings. The molecule has 0 aliphatic carbocycles. The van der Waals surface area contributed by atoms with Crippen LogP contribution in [-0.4, -0.2) is 43.2 Å². The first-order valence-corrected chi connectivity index (χ1v) is 34.8. The predicted octanol–water partition coefficient (Wildman–Crippen LogP) is 23.6. The van der Waals surface area contributed by atoms with Crippen LogP contribution >= 0.6 is 0 Å². The molecule has 7 heterocycles. The number of fused-ring (bicyclic) bond motifs is 17. The number of rotatable bonds is 9. The van der Waals surface area contributed by atoms with Crippen LogP contribution in [0.25, 0.3) is 210 Å². The molecule has 0 radical (unpaired) electrons. The van der Waals surface area contributed by atoms with E-state index in [1.54, 1.807) is 0 Å². The van der Waals surface area contributed by atoms with Gasteiger partial charge in [0.05, 0.1) is 72.1 Å². The summed E-state index contributed by atoms with van der Waals surface area (Å²) in [5.74, 6) is 2.17. The minimum atomic E-state index is 0.504. The molecule has 0 aliphatic heterocycles. The van der Waals surface area contributed by atoms with Gasteiger partial charge in [0.1, 0.15) is 11.2 Å². The number of hydrogen-bond acceptors (Lipinski definition) is 6. The maximum Gasteiger partial charge on any atom is 0.238 e. The molecule has 0 fully saturated rings. The molecule has 22 aromatic rings. The molecule has 0 unspecified atom stereocenters. The smallest absolute Gasteiger partial charge is 0.238 e. The van der Waals surface area contributed by atoms with E-state index >= 15 is 0 Å². The zero-order chi connectivity index (χ0) is 67.4. The normalized spacial score (nSPS) is 12.1. The van der Waals surface area contributed by atoms with Crippen molar-refractivity contribution in [1.29, 1.82) is 0 Å². The first-order chi connectivity index (χ1) is 51.1. The van der Waals surface area contributed by atoms with Gasteiger partial charge in [-0.05, 0) is 113 Å². The molecule has 22 rings (SSSR count). The molecule has 7 aromatic heterocycles. The van der Waals surface area contributed by atoms with Crippen molar-refractivity contribution < 1.29 is 4.42 Å². The fourth-order valence-electron chi connectivity index (χ4n) is 16.5. The molecule has 0 saturated heterocycles. The summed E-state index contributed by atoms with van der Waals surface area (Å²) in [6, 6.07) is 119. The zero-order valence-electron chi connectivity index (χ0n) is 55.2. The fraction of sp³-hybridized carbons (Fsp3) is 0. The highest BCUT2D eigenvalue weighted by Crippen LogP contribution is 2.47. The van der Waals surface area contributed by atoms with E-state index in [0.717, 1.165) is 176 Å². The monoisotopic (exact) mass is 1310 g/mol. The van der Waals surface area contributed by atoms with Crippen molar-refractivity contribution >= 4 is 131 Å². The standard InChI is InChI=1S/C93H55N9O/c1-3-23-56(24-4-1)57-47-49-59(50-48-57)89-68-35-9-14-38-74(68)94-92(95-89)102-79-43-21-37-64(87(79)73-53-72-66-33-10-15-39-76(66)99(81(72)55-84(73)102)75-42-20-28-58-25-7-8-31-63(58)75)61-29-19-30-62(51-61)91-96-90(60-26-5-2-6-27-60)97-93(98-91)101-78-41-17-12-34-67(78)71-52-70-65-32-11-16-40-77(65)100(82(70)54-83(71)101)80-44-22-46-86-88(80)69-36-13-18-45-85(69)103-86/h1-55H. The van der Waals surface area contributed by atoms with Crippen LogP contribution in [0.3, 0.4) is 0 Å². The van der Waals surface area contributed by atoms with E-state index < -0.39 is 0 Å². The van der Waals surface area contributed by atoms with Crippen LogP contribution in [0.15, 0.2) is 338 Å². The molecule has 10 nitrogen and oxygen atoms in total. The van der Waals surface area contributed by atoms with Crippen molar-refractivity contribution in [3.05, 3.63) is 334 Å². The van der Waals surface area contributed by atoms with E-state index in [9.17, 15) is 0 Å². The number of aromatic nitrogens is 9. The Balaban J connectivity index is 0.772. The number of nitrogens with zero attached hydrogens (tertiary/aromatic N) is 9. The van der Waals surface area contributed by atoms with Gasteiger partial charge in [-0.3, -0.25) is 9.13 Å². The SMILES string of the molecule is c1ccc(-c2ccc(-c3nc(-n4c5cc6c(cc5c5c(-c7cccc(-c8nc(-c9ccccc9)nc(-n9c%10ccccc%10c%10cc%11c%12ccccc%12n(-c%12cccc%13oc%14ccccc%14c%12%13)c%11cc%109)n8)c7)cccc54)c4ccccc4n6-c4cccc5ccccc45)nc4ccccc34)cc2)cc1. The van der Waals surface area contributed by atoms with Crippen molar-refractivity contribution in [2.24, 2.45) is 0 Å². The topological polar surface area (TPSA) is 97.3 Å². The van der Waals surface area contributed by atoms with Crippen LogP contribution in [-0.2, 0) is 0 Å². The van der Waals surface area contributed by atoms with Crippen molar-refractivity contribution in [1.82, 2.24) is 43.2 Å². The van der Waals surface area contributed by atoms with Crippen molar-refractivity contribution in [2.45, 2.75) is 0 Å². The van der Waals surface area contributed by atoms with Gasteiger partial charge >= 0.3 is 0 Å². The Morgan fingerprint density at radius 2 is 0.689 bits per heavy atom. The maximum atomic E-state index is 6.53. The van der Waals surface area contributed by atoms with Gasteiger partial charge in [0.15, 0.2) is 11.6 Å². The summed E-state index contributed by atoms with van der Waals surface area (Å²) in [7, 11) is 0. The van der Waals surface area contributed by atoms with E-state index in [1.165, 1.54) is 10.8 Å². The molecule has 0 saturated carbocycles. The van der Waals surface area contributed by atoms with Gasteiger partial charge in [-0.25, -0.2) is 15.0 Å². The molecule has 0 spiro atoms. The average Bonchev–Trinajstić information content (AvgIpc) is 1.56. The summed E-state index contributed by atoms with van der Waals surface area (Å²) in [6.07, 6.45) is 0. The Labute approximate surface area is 588 Å². The van der Waals surface area contributed by atoms with E-state index in [0.29, 0.717) is 23.5 Å². The Kier molecular flexibility index (Phi) is 12.3. The van der Waals surface area contributed by atoms with Crippen molar-refractivity contribution in [3.8, 4) is 79.6 Å². The number of hydrogen-bond donors (Lipinski definition) is 0. The number of furan rings is 1. The molecule has 0 atom stereocenters. The second-order valence-electron chi connectivity index (χ2n) is 26.7. The highest BCUT2D eigenvalue weighted by atomic mass is 16.3. The molecular formula is C93H55N9O. The lowest BCUT2D eigenvalue weighted by Gasteiger charge is -2.13. The predicted molar refractivity (Wildman–Crippen MR) is 422 cm³/mol. The van der Waals surface area contributed by atoms with Crippen LogP contribution in [0.5, 0.6) is 0 Å². The summed E-state index contributed by atoms with van der Waals surface area (Å²) >= 11 is 0. The second kappa shape index (κ2) is 22.2. The minimum Gasteiger partial charge on any atom is -0.456 e. The lowest BCUT2D eigenvalue weighted by atomic mass is 9.97. The summed E-state index contributed by atoms with van der Waals surface area (Å²) in [4.78, 5) is 27.8. The molecule has 10 heteroatoms. The summed E-state index contributed by atoms with van der Waals surface area (Å²) in [6.45, 7) is 0. The maximum absolute atomic E-state index is 6.53. The quantitative estimate of drug-likeness (QED) is 0.143. The minimum absolute atomic E-state index is 0.504. The first-order valence-electron chi connectivity index (χ1n) is 34.8. The highest BCUT2D eigenvalue weighted by Gasteiger charge is 2.27. The van der Waals surface area contributed by atoms with Crippen LogP contribution < -0.4 is 0 Å². The van der Waals surface area contributed by atoms with Crippen LogP contribution in [0.4, 0.5) is 0 Å². The van der Waals surface area contributed by atoms with Gasteiger partial charge < -0.3 is 13.6 Å². The van der Waals surface area contributed by atoms with Gasteiger partial charge in [0.2, 0.25) is 11.9 Å². The third-order valence-electron chi connectivity index (χ3n) is 21.0. The third-order valence-corrected chi connectivity index (χ3v) is 21.0. The van der Waals surface area contributed by atoms with Gasteiger partial charge in [-0.2, -0.15) is 9.97 Å². The van der Waals surface area contributed by atoms with Gasteiger partial charge in [0, 0.05) is 75.9 Å². The summed E-state index contributed by atoms with van der Waals surface area (Å²) < 4.78 is 15.9. The highest BCUT2D eigenvalue weighted by molar-refractivity contribution is 6.24. The molecule has 0 amide bonds. The molecule has 0 N–H and O–H groups in total. The van der Waals surface area contributed by atoms with Crippen molar-refractivity contribution in [3.63, 3.8) is 0 Å². The molecule has 103 heavy (non-hydrogen) atoms. The number of para-hydroxylation sites is 5. The molecular weight excluding hydrogens is 1260 g/mol. The lowest BCUT2D eigenvalue weighted by molar-refractivity contribution is 0.669. The van der Waals surface area contributed by atoms with E-state index in [-0.39, 0.29) is 0 Å². The Morgan fingerprint density at radius 3 is 1.43 bits per heavy atom. The molecule has 478 valence electrons. The fourth-order valence-corrected chi connectivity index (χ4v) is 16.5. The van der Waals surface area contributed by atoms with E-state index in [1.807, 2.05) is 30.3 Å². The largest absolute Gasteiger partial charge is 0.456 e. The number of benzene rings is 15. The van der Waals surface area contributed by atoms with Gasteiger partial charge in [-0.15, -0.1) is 0 Å². The van der Waals surface area contributed by atoms with Crippen LogP contribution in [0.2, 0.25) is 0 Å². The van der Waals surface area contributed by atoms with Gasteiger partial charge in [-0.1, -0.05) is 249 Å². The Bertz CT molecular complexity index is 7300. The van der Waals surface area contributed by atoms with Crippen molar-refractivity contribution in [2.75, 3.05) is 0 Å². The summed E-state index contributed by atoms with van der Waals surface area (Å²) in [5, 5.41) is 14.4. The van der Waals surface area contributed by atoms with E-state index in [4.69, 9.17) is 29.3 Å². The average molecular weight is 1310 g/mol. The first kappa shape index (κ1) is 56.9. The molecule has 15 aromatic carbocycles. The summed E-state index contributed by atoms with van der Waals surface area (Å²) in [5.41, 5.74) is 20.8. The van der Waals surface area contributed by atoms with E-state index in [2.05, 4.69) is 322 Å². The third kappa shape index (κ3) is 8.65. The lowest BCUT2D eigenvalue weighted by Crippen LogP contribution is -2.06. The Hall–Kier alpha value is -14.1. The zero-order valence-corrected chi connectivity index (χ0v) is 55.2. The molecule has 0 bridgehead atoms. The second-order valence-corrected chi connectivity index (χ2v) is 26.7. The Morgan fingerprint density at radius 1 is 0.223 bits per heavy atom. The van der Waals surface area contributed by atoms with Gasteiger partial charge in [0.25, 0.3) is 0 Å².